The Balaban J connectivity index is 1.30. The third-order valence-corrected chi connectivity index (χ3v) is 6.83. The minimum Gasteiger partial charge on any atom is -0.493 e. The molecular weight excluding hydrogens is 438 g/mol. The van der Waals surface area contributed by atoms with Gasteiger partial charge in [0.1, 0.15) is 0 Å². The van der Waals surface area contributed by atoms with Gasteiger partial charge in [-0.25, -0.2) is 0 Å². The largest absolute Gasteiger partial charge is 0.493 e. The van der Waals surface area contributed by atoms with Crippen LogP contribution in [0, 0.1) is 10.9 Å². The first-order valence-electron chi connectivity index (χ1n) is 10.7. The highest BCUT2D eigenvalue weighted by Crippen LogP contribution is 2.35. The number of benzene rings is 2. The topological polar surface area (TPSA) is 66.6 Å². The Labute approximate surface area is 196 Å². The SMILES string of the molecule is Cc1ccccc1NC(=O)CCCCCn1c(O)c(/C=C2\C=Nc3ccccc32)sc1=S. The van der Waals surface area contributed by atoms with E-state index in [2.05, 4.69) is 10.3 Å². The van der Waals surface area contributed by atoms with Gasteiger partial charge in [-0.1, -0.05) is 42.8 Å². The van der Waals surface area contributed by atoms with Crippen LogP contribution in [0.1, 0.15) is 41.7 Å². The zero-order valence-corrected chi connectivity index (χ0v) is 19.5. The fraction of sp³-hybridized carbons (Fsp3) is 0.240. The molecule has 0 bridgehead atoms. The molecule has 2 N–H and O–H groups in total. The first-order chi connectivity index (χ1) is 15.5. The number of nitrogens with one attached hydrogen (secondary N) is 1. The number of allylic oxidation sites excluding steroid dienone is 1. The molecule has 1 amide bonds. The first kappa shape index (κ1) is 22.2. The van der Waals surface area contributed by atoms with E-state index in [0.717, 1.165) is 52.2 Å². The lowest BCUT2D eigenvalue weighted by Gasteiger charge is -2.08. The van der Waals surface area contributed by atoms with Crippen molar-refractivity contribution in [3.05, 3.63) is 68.5 Å². The van der Waals surface area contributed by atoms with E-state index in [-0.39, 0.29) is 11.8 Å². The highest BCUT2D eigenvalue weighted by Gasteiger charge is 2.15. The van der Waals surface area contributed by atoms with E-state index >= 15 is 0 Å². The maximum absolute atomic E-state index is 12.2. The zero-order chi connectivity index (χ0) is 22.5. The second-order valence-corrected chi connectivity index (χ2v) is 9.43. The predicted octanol–water partition coefficient (Wildman–Crippen LogP) is 6.75. The quantitative estimate of drug-likeness (QED) is 0.287. The molecule has 2 heterocycles. The normalized spacial score (nSPS) is 13.5. The number of aromatic nitrogens is 1. The summed E-state index contributed by atoms with van der Waals surface area (Å²) in [6.07, 6.45) is 6.76. The van der Waals surface area contributed by atoms with E-state index < -0.39 is 0 Å². The van der Waals surface area contributed by atoms with Gasteiger partial charge in [0.2, 0.25) is 11.8 Å². The fourth-order valence-corrected chi connectivity index (χ4v) is 4.97. The van der Waals surface area contributed by atoms with E-state index in [1.807, 2.05) is 67.7 Å². The van der Waals surface area contributed by atoms with E-state index in [9.17, 15) is 9.90 Å². The van der Waals surface area contributed by atoms with Crippen LogP contribution < -0.4 is 5.32 Å². The molecule has 0 saturated heterocycles. The minimum absolute atomic E-state index is 0.0294. The summed E-state index contributed by atoms with van der Waals surface area (Å²) < 4.78 is 2.42. The molecule has 2 aromatic carbocycles. The Hall–Kier alpha value is -3.03. The fourth-order valence-electron chi connectivity index (χ4n) is 3.66. The Morgan fingerprint density at radius 1 is 1.16 bits per heavy atom. The molecule has 4 rings (SSSR count). The number of carbonyl (C=O) groups is 1. The highest BCUT2D eigenvalue weighted by molar-refractivity contribution is 7.73. The molecule has 5 nitrogen and oxygen atoms in total. The number of amides is 1. The lowest BCUT2D eigenvalue weighted by molar-refractivity contribution is -0.116. The van der Waals surface area contributed by atoms with Crippen molar-refractivity contribution in [1.29, 1.82) is 0 Å². The van der Waals surface area contributed by atoms with Crippen LogP contribution >= 0.6 is 23.6 Å². The number of carbonyl (C=O) groups excluding carboxylic acids is 1. The number of aromatic hydroxyl groups is 1. The summed E-state index contributed by atoms with van der Waals surface area (Å²) in [4.78, 5) is 17.3. The van der Waals surface area contributed by atoms with Gasteiger partial charge in [-0.3, -0.25) is 14.4 Å². The summed E-state index contributed by atoms with van der Waals surface area (Å²) in [6, 6.07) is 15.7. The van der Waals surface area contributed by atoms with Crippen molar-refractivity contribution in [2.24, 2.45) is 4.99 Å². The number of para-hydroxylation sites is 2. The molecule has 0 saturated carbocycles. The van der Waals surface area contributed by atoms with Gasteiger partial charge in [-0.05, 0) is 55.8 Å². The number of rotatable bonds is 8. The molecule has 0 aliphatic carbocycles. The van der Waals surface area contributed by atoms with Crippen LogP contribution in [0.5, 0.6) is 5.88 Å². The zero-order valence-electron chi connectivity index (χ0n) is 17.9. The molecule has 1 aromatic heterocycles. The monoisotopic (exact) mass is 463 g/mol. The summed E-state index contributed by atoms with van der Waals surface area (Å²) in [7, 11) is 0. The standard InChI is InChI=1S/C25H25N3O2S2/c1-17-9-4-6-11-20(17)27-23(29)13-3-2-8-14-28-24(30)22(32-25(28)31)15-18-16-26-21-12-7-5-10-19(18)21/h4-7,9-12,15-16,30H,2-3,8,13-14H2,1H3,(H,27,29)/b18-15+. The number of nitrogens with zero attached hydrogens (tertiary/aromatic N) is 2. The molecule has 0 spiro atoms. The number of aliphatic imine (C=N–C) groups is 1. The third kappa shape index (κ3) is 5.06. The van der Waals surface area contributed by atoms with Crippen molar-refractivity contribution < 1.29 is 9.90 Å². The maximum atomic E-state index is 12.2. The number of hydrogen-bond acceptors (Lipinski definition) is 5. The lowest BCUT2D eigenvalue weighted by Crippen LogP contribution is -2.12. The second kappa shape index (κ2) is 10.1. The van der Waals surface area contributed by atoms with Gasteiger partial charge in [0.15, 0.2) is 3.95 Å². The van der Waals surface area contributed by atoms with Crippen molar-refractivity contribution in [3.63, 3.8) is 0 Å². The minimum atomic E-state index is 0.0294. The van der Waals surface area contributed by atoms with E-state index in [1.165, 1.54) is 11.3 Å². The van der Waals surface area contributed by atoms with Crippen molar-refractivity contribution >= 4 is 58.7 Å². The van der Waals surface area contributed by atoms with Crippen LogP contribution in [0.2, 0.25) is 0 Å². The van der Waals surface area contributed by atoms with Crippen molar-refractivity contribution in [2.75, 3.05) is 5.32 Å². The molecule has 164 valence electrons. The number of unbranched alkanes of at least 4 members (excludes halogenated alkanes) is 2. The molecule has 32 heavy (non-hydrogen) atoms. The molecule has 3 aromatic rings. The van der Waals surface area contributed by atoms with Gasteiger partial charge >= 0.3 is 0 Å². The van der Waals surface area contributed by atoms with Gasteiger partial charge in [0.25, 0.3) is 0 Å². The van der Waals surface area contributed by atoms with Gasteiger partial charge < -0.3 is 10.4 Å². The van der Waals surface area contributed by atoms with Crippen molar-refractivity contribution in [2.45, 2.75) is 39.2 Å². The highest BCUT2D eigenvalue weighted by atomic mass is 32.1. The molecular formula is C25H25N3O2S2. The molecule has 1 aliphatic rings. The second-order valence-electron chi connectivity index (χ2n) is 7.76. The number of anilines is 1. The number of aryl methyl sites for hydroxylation is 1. The lowest BCUT2D eigenvalue weighted by atomic mass is 10.1. The maximum Gasteiger partial charge on any atom is 0.224 e. The van der Waals surface area contributed by atoms with Crippen LogP contribution in [0.4, 0.5) is 11.4 Å². The van der Waals surface area contributed by atoms with Crippen molar-refractivity contribution in [3.8, 4) is 5.88 Å². The summed E-state index contributed by atoms with van der Waals surface area (Å²) in [6.45, 7) is 2.61. The average Bonchev–Trinajstić information content (AvgIpc) is 3.31. The van der Waals surface area contributed by atoms with Crippen molar-refractivity contribution in [1.82, 2.24) is 4.57 Å². The smallest absolute Gasteiger partial charge is 0.224 e. The van der Waals surface area contributed by atoms with Crippen LogP contribution in [0.25, 0.3) is 11.6 Å². The van der Waals surface area contributed by atoms with Crippen LogP contribution in [-0.2, 0) is 11.3 Å². The van der Waals surface area contributed by atoms with Gasteiger partial charge in [-0.2, -0.15) is 0 Å². The molecule has 0 atom stereocenters. The summed E-state index contributed by atoms with van der Waals surface area (Å²) in [5.41, 5.74) is 4.89. The van der Waals surface area contributed by atoms with Crippen LogP contribution in [0.15, 0.2) is 53.5 Å². The Kier molecular flexibility index (Phi) is 6.97. The molecule has 7 heteroatoms. The Morgan fingerprint density at radius 2 is 1.94 bits per heavy atom. The molecule has 0 radical (unpaired) electrons. The Morgan fingerprint density at radius 3 is 2.78 bits per heavy atom. The average molecular weight is 464 g/mol. The van der Waals surface area contributed by atoms with E-state index in [1.54, 1.807) is 4.57 Å². The van der Waals surface area contributed by atoms with Crippen LogP contribution in [0.3, 0.4) is 0 Å². The number of hydrogen-bond donors (Lipinski definition) is 2. The molecule has 0 unspecified atom stereocenters. The van der Waals surface area contributed by atoms with Gasteiger partial charge in [0.05, 0.1) is 10.6 Å². The molecule has 0 fully saturated rings. The number of fused-ring (bicyclic) bond motifs is 1. The molecule has 1 aliphatic heterocycles. The van der Waals surface area contributed by atoms with E-state index in [4.69, 9.17) is 12.2 Å². The van der Waals surface area contributed by atoms with E-state index in [0.29, 0.717) is 16.9 Å². The third-order valence-electron chi connectivity index (χ3n) is 5.44. The first-order valence-corrected chi connectivity index (χ1v) is 11.9. The van der Waals surface area contributed by atoms with Gasteiger partial charge in [-0.15, -0.1) is 11.3 Å². The number of thiazole rings is 1. The Bertz CT molecular complexity index is 1250. The van der Waals surface area contributed by atoms with Gasteiger partial charge in [0, 0.05) is 36.0 Å². The summed E-state index contributed by atoms with van der Waals surface area (Å²) in [5, 5.41) is 13.7. The van der Waals surface area contributed by atoms with Crippen LogP contribution in [-0.4, -0.2) is 21.8 Å². The predicted molar refractivity (Wildman–Crippen MR) is 136 cm³/mol. The summed E-state index contributed by atoms with van der Waals surface area (Å²) in [5.74, 6) is 0.226. The summed E-state index contributed by atoms with van der Waals surface area (Å²) >= 11 is 6.88.